The van der Waals surface area contributed by atoms with Gasteiger partial charge in [0.2, 0.25) is 15.9 Å². The molecule has 0 spiro atoms. The second-order valence-electron chi connectivity index (χ2n) is 7.55. The summed E-state index contributed by atoms with van der Waals surface area (Å²) >= 11 is 0. The number of hydrogen-bond acceptors (Lipinski definition) is 4. The average molecular weight is 424 g/mol. The van der Waals surface area contributed by atoms with Crippen molar-refractivity contribution in [1.29, 1.82) is 0 Å². The summed E-state index contributed by atoms with van der Waals surface area (Å²) in [5.74, 6) is -0.196. The van der Waals surface area contributed by atoms with Gasteiger partial charge in [0.1, 0.15) is 6.04 Å². The van der Waals surface area contributed by atoms with E-state index in [0.29, 0.717) is 18.8 Å². The van der Waals surface area contributed by atoms with Crippen LogP contribution >= 0.6 is 0 Å². The number of benzene rings is 3. The van der Waals surface area contributed by atoms with Crippen molar-refractivity contribution in [2.45, 2.75) is 30.7 Å². The Morgan fingerprint density at radius 3 is 2.23 bits per heavy atom. The maximum atomic E-state index is 12.6. The lowest BCUT2D eigenvalue weighted by molar-refractivity contribution is -0.116. The number of hydrogen-bond donors (Lipinski definition) is 2. The summed E-state index contributed by atoms with van der Waals surface area (Å²) in [7, 11) is -3.45. The molecule has 6 nitrogen and oxygen atoms in total. The van der Waals surface area contributed by atoms with E-state index < -0.39 is 16.1 Å². The molecule has 0 saturated carbocycles. The van der Waals surface area contributed by atoms with E-state index in [0.717, 1.165) is 29.3 Å². The highest BCUT2D eigenvalue weighted by Gasteiger charge is 2.27. The summed E-state index contributed by atoms with van der Waals surface area (Å²) in [6, 6.07) is 19.9. The van der Waals surface area contributed by atoms with Crippen molar-refractivity contribution >= 4 is 38.1 Å². The van der Waals surface area contributed by atoms with Crippen LogP contribution in [0.1, 0.15) is 19.8 Å². The zero-order chi connectivity index (χ0) is 21.1. The third-order valence-electron chi connectivity index (χ3n) is 5.35. The minimum atomic E-state index is -3.45. The van der Waals surface area contributed by atoms with Gasteiger partial charge < -0.3 is 10.6 Å². The molecule has 0 unspecified atom stereocenters. The Morgan fingerprint density at radius 2 is 1.53 bits per heavy atom. The van der Waals surface area contributed by atoms with E-state index in [2.05, 4.69) is 10.6 Å². The van der Waals surface area contributed by atoms with Crippen molar-refractivity contribution in [3.63, 3.8) is 0 Å². The van der Waals surface area contributed by atoms with Gasteiger partial charge in [0.25, 0.3) is 0 Å². The molecule has 7 heteroatoms. The zero-order valence-corrected chi connectivity index (χ0v) is 17.7. The molecule has 0 radical (unpaired) electrons. The number of nitrogens with one attached hydrogen (secondary N) is 2. The lowest BCUT2D eigenvalue weighted by Gasteiger charge is -2.17. The molecule has 2 N–H and O–H groups in total. The topological polar surface area (TPSA) is 78.5 Å². The van der Waals surface area contributed by atoms with E-state index in [1.807, 2.05) is 42.5 Å². The van der Waals surface area contributed by atoms with Gasteiger partial charge in [0.05, 0.1) is 4.90 Å². The number of nitrogens with zero attached hydrogens (tertiary/aromatic N) is 1. The Morgan fingerprint density at radius 1 is 0.900 bits per heavy atom. The second-order valence-corrected chi connectivity index (χ2v) is 9.49. The average Bonchev–Trinajstić information content (AvgIpc) is 3.30. The molecule has 1 aliphatic rings. The molecular formula is C23H25N3O3S. The Bertz CT molecular complexity index is 1150. The highest BCUT2D eigenvalue weighted by atomic mass is 32.2. The fourth-order valence-corrected chi connectivity index (χ4v) is 5.15. The molecule has 4 rings (SSSR count). The fourth-order valence-electron chi connectivity index (χ4n) is 3.63. The largest absolute Gasteiger partial charge is 0.374 e. The number of carbonyl (C=O) groups excluding carboxylic acids is 1. The quantitative estimate of drug-likeness (QED) is 0.627. The van der Waals surface area contributed by atoms with Crippen molar-refractivity contribution in [2.75, 3.05) is 23.7 Å². The summed E-state index contributed by atoms with van der Waals surface area (Å²) in [4.78, 5) is 12.8. The number of amides is 1. The van der Waals surface area contributed by atoms with Gasteiger partial charge in [-0.2, -0.15) is 4.31 Å². The first-order valence-electron chi connectivity index (χ1n) is 10.1. The lowest BCUT2D eigenvalue weighted by Crippen LogP contribution is -2.32. The molecule has 1 atom stereocenters. The molecule has 30 heavy (non-hydrogen) atoms. The summed E-state index contributed by atoms with van der Waals surface area (Å²) in [5.41, 5.74) is 1.43. The van der Waals surface area contributed by atoms with E-state index in [9.17, 15) is 13.2 Å². The lowest BCUT2D eigenvalue weighted by atomic mass is 10.1. The molecule has 1 aliphatic heterocycles. The van der Waals surface area contributed by atoms with Gasteiger partial charge in [-0.25, -0.2) is 8.42 Å². The van der Waals surface area contributed by atoms with Gasteiger partial charge in [-0.15, -0.1) is 0 Å². The number of anilines is 2. The van der Waals surface area contributed by atoms with Crippen molar-refractivity contribution in [3.8, 4) is 0 Å². The molecule has 156 valence electrons. The van der Waals surface area contributed by atoms with Crippen LogP contribution < -0.4 is 10.6 Å². The van der Waals surface area contributed by atoms with E-state index in [4.69, 9.17) is 0 Å². The maximum absolute atomic E-state index is 12.6. The molecule has 0 aromatic heterocycles. The van der Waals surface area contributed by atoms with Crippen molar-refractivity contribution < 1.29 is 13.2 Å². The first-order chi connectivity index (χ1) is 14.4. The summed E-state index contributed by atoms with van der Waals surface area (Å²) < 4.78 is 26.7. The van der Waals surface area contributed by atoms with Crippen molar-refractivity contribution in [3.05, 3.63) is 66.7 Å². The predicted molar refractivity (Wildman–Crippen MR) is 120 cm³/mol. The fraction of sp³-hybridized carbons (Fsp3) is 0.261. The van der Waals surface area contributed by atoms with Crippen LogP contribution in [-0.2, 0) is 14.8 Å². The Hall–Kier alpha value is -2.90. The molecule has 1 saturated heterocycles. The third kappa shape index (κ3) is 4.32. The van der Waals surface area contributed by atoms with Gasteiger partial charge in [0, 0.05) is 24.5 Å². The van der Waals surface area contributed by atoms with Crippen LogP contribution in [0.4, 0.5) is 11.4 Å². The van der Waals surface area contributed by atoms with Crippen molar-refractivity contribution in [1.82, 2.24) is 4.31 Å². The normalized spacial score (nSPS) is 15.8. The van der Waals surface area contributed by atoms with Crippen LogP contribution in [0.5, 0.6) is 0 Å². The Kier molecular flexibility index (Phi) is 5.74. The zero-order valence-electron chi connectivity index (χ0n) is 16.8. The van der Waals surface area contributed by atoms with Crippen LogP contribution in [0.15, 0.2) is 71.6 Å². The summed E-state index contributed by atoms with van der Waals surface area (Å²) in [6.45, 7) is 2.92. The first-order valence-corrected chi connectivity index (χ1v) is 11.5. The minimum Gasteiger partial charge on any atom is -0.374 e. The highest BCUT2D eigenvalue weighted by molar-refractivity contribution is 7.89. The third-order valence-corrected chi connectivity index (χ3v) is 7.26. The molecule has 3 aromatic carbocycles. The van der Waals surface area contributed by atoms with Gasteiger partial charge in [-0.05, 0) is 66.9 Å². The standard InChI is InChI=1S/C23H25N3O3S/c1-17(24-21-9-8-18-6-2-3-7-19(18)16-21)23(27)25-20-10-12-22(13-11-20)30(28,29)26-14-4-5-15-26/h2-3,6-13,16-17,24H,4-5,14-15H2,1H3,(H,25,27)/t17-/m1/s1. The second kappa shape index (κ2) is 8.45. The summed E-state index contributed by atoms with van der Waals surface area (Å²) in [6.07, 6.45) is 1.80. The number of sulfonamides is 1. The van der Waals surface area contributed by atoms with E-state index in [-0.39, 0.29) is 10.8 Å². The number of carbonyl (C=O) groups is 1. The summed E-state index contributed by atoms with van der Waals surface area (Å²) in [5, 5.41) is 8.29. The number of rotatable bonds is 6. The van der Waals surface area contributed by atoms with Gasteiger partial charge in [-0.3, -0.25) is 4.79 Å². The van der Waals surface area contributed by atoms with Gasteiger partial charge in [0.15, 0.2) is 0 Å². The SMILES string of the molecule is C[C@@H](Nc1ccc2ccccc2c1)C(=O)Nc1ccc(S(=O)(=O)N2CCCC2)cc1. The molecule has 0 bridgehead atoms. The van der Waals surface area contributed by atoms with Crippen LogP contribution in [-0.4, -0.2) is 37.8 Å². The van der Waals surface area contributed by atoms with E-state index in [1.165, 1.54) is 4.31 Å². The van der Waals surface area contributed by atoms with Crippen LogP contribution in [0.2, 0.25) is 0 Å². The maximum Gasteiger partial charge on any atom is 0.246 e. The predicted octanol–water partition coefficient (Wildman–Crippen LogP) is 4.06. The molecule has 1 amide bonds. The Labute approximate surface area is 177 Å². The van der Waals surface area contributed by atoms with Crippen molar-refractivity contribution in [2.24, 2.45) is 0 Å². The Balaban J connectivity index is 1.40. The van der Waals surface area contributed by atoms with Gasteiger partial charge >= 0.3 is 0 Å². The molecule has 3 aromatic rings. The minimum absolute atomic E-state index is 0.196. The highest BCUT2D eigenvalue weighted by Crippen LogP contribution is 2.23. The molecule has 1 heterocycles. The smallest absolute Gasteiger partial charge is 0.246 e. The van der Waals surface area contributed by atoms with Crippen LogP contribution in [0.3, 0.4) is 0 Å². The van der Waals surface area contributed by atoms with Gasteiger partial charge in [-0.1, -0.05) is 30.3 Å². The monoisotopic (exact) mass is 423 g/mol. The molecule has 0 aliphatic carbocycles. The van der Waals surface area contributed by atoms with Crippen LogP contribution in [0, 0.1) is 0 Å². The number of fused-ring (bicyclic) bond motifs is 1. The molecular weight excluding hydrogens is 398 g/mol. The van der Waals surface area contributed by atoms with E-state index >= 15 is 0 Å². The van der Waals surface area contributed by atoms with Crippen LogP contribution in [0.25, 0.3) is 10.8 Å². The first kappa shape index (κ1) is 20.4. The van der Waals surface area contributed by atoms with E-state index in [1.54, 1.807) is 31.2 Å². The molecule has 1 fully saturated rings.